The van der Waals surface area contributed by atoms with E-state index in [4.69, 9.17) is 14.6 Å². The fraction of sp³-hybridized carbons (Fsp3) is 0.478. The highest BCUT2D eigenvalue weighted by atomic mass is 19.1. The number of nitrogens with one attached hydrogen (secondary N) is 2. The average Bonchev–Trinajstić information content (AvgIpc) is 2.78. The van der Waals surface area contributed by atoms with Crippen LogP contribution in [-0.4, -0.2) is 48.2 Å². The number of benzene rings is 1. The minimum atomic E-state index is -0.485. The molecule has 2 heterocycles. The molecule has 1 unspecified atom stereocenters. The molecule has 0 radical (unpaired) electrons. The first-order valence-electron chi connectivity index (χ1n) is 10.9. The van der Waals surface area contributed by atoms with Crippen LogP contribution < -0.4 is 16.2 Å². The molecular formula is C23H30FN3O5. The Morgan fingerprint density at radius 1 is 1.31 bits per heavy atom. The molecule has 1 aromatic carbocycles. The maximum absolute atomic E-state index is 14.3. The van der Waals surface area contributed by atoms with E-state index in [1.807, 2.05) is 0 Å². The zero-order valence-corrected chi connectivity index (χ0v) is 18.2. The highest BCUT2D eigenvalue weighted by Gasteiger charge is 2.17. The topological polar surface area (TPSA) is 102 Å². The molecule has 1 atom stereocenters. The maximum Gasteiger partial charge on any atom is 0.254 e. The number of amides is 1. The summed E-state index contributed by atoms with van der Waals surface area (Å²) in [6, 6.07) is 5.94. The third-order valence-corrected chi connectivity index (χ3v) is 5.16. The van der Waals surface area contributed by atoms with Crippen LogP contribution in [0.25, 0.3) is 0 Å². The smallest absolute Gasteiger partial charge is 0.254 e. The lowest BCUT2D eigenvalue weighted by Crippen LogP contribution is -2.30. The summed E-state index contributed by atoms with van der Waals surface area (Å²) < 4.78 is 27.0. The van der Waals surface area contributed by atoms with E-state index in [2.05, 4.69) is 10.6 Å². The summed E-state index contributed by atoms with van der Waals surface area (Å²) in [6.07, 6.45) is 4.44. The predicted molar refractivity (Wildman–Crippen MR) is 119 cm³/mol. The van der Waals surface area contributed by atoms with Gasteiger partial charge < -0.3 is 29.8 Å². The number of aryl methyl sites for hydroxylation is 1. The van der Waals surface area contributed by atoms with E-state index in [1.165, 1.54) is 22.9 Å². The fourth-order valence-electron chi connectivity index (χ4n) is 3.40. The van der Waals surface area contributed by atoms with Crippen molar-refractivity contribution in [2.24, 2.45) is 0 Å². The lowest BCUT2D eigenvalue weighted by atomic mass is 10.1. The van der Waals surface area contributed by atoms with Gasteiger partial charge in [0.1, 0.15) is 5.82 Å². The number of rotatable bonds is 10. The molecule has 0 spiro atoms. The second-order valence-corrected chi connectivity index (χ2v) is 7.74. The molecule has 1 aliphatic heterocycles. The van der Waals surface area contributed by atoms with Gasteiger partial charge in [-0.15, -0.1) is 0 Å². The zero-order valence-electron chi connectivity index (χ0n) is 18.2. The van der Waals surface area contributed by atoms with Crippen LogP contribution in [0.15, 0.2) is 35.3 Å². The van der Waals surface area contributed by atoms with Gasteiger partial charge in [0.25, 0.3) is 11.5 Å². The zero-order chi connectivity index (χ0) is 22.9. The third kappa shape index (κ3) is 6.62. The monoisotopic (exact) mass is 447 g/mol. The number of hydrogen-bond acceptors (Lipinski definition) is 6. The number of aliphatic hydroxyl groups excluding tert-OH is 1. The number of anilines is 2. The van der Waals surface area contributed by atoms with Crippen molar-refractivity contribution in [3.63, 3.8) is 0 Å². The first-order valence-corrected chi connectivity index (χ1v) is 10.9. The summed E-state index contributed by atoms with van der Waals surface area (Å²) in [5, 5.41) is 14.5. The summed E-state index contributed by atoms with van der Waals surface area (Å²) in [4.78, 5) is 25.4. The maximum atomic E-state index is 14.3. The van der Waals surface area contributed by atoms with Gasteiger partial charge in [-0.3, -0.25) is 9.59 Å². The molecular weight excluding hydrogens is 417 g/mol. The number of hydrogen-bond donors (Lipinski definition) is 3. The number of carbonyl (C=O) groups is 1. The van der Waals surface area contributed by atoms with Gasteiger partial charge in [0.05, 0.1) is 23.5 Å². The van der Waals surface area contributed by atoms with Gasteiger partial charge in [0.15, 0.2) is 6.29 Å². The molecule has 1 saturated heterocycles. The molecule has 0 aliphatic carbocycles. The number of pyridine rings is 1. The highest BCUT2D eigenvalue weighted by Crippen LogP contribution is 2.23. The van der Waals surface area contributed by atoms with Crippen molar-refractivity contribution in [2.75, 3.05) is 31.7 Å². The van der Waals surface area contributed by atoms with Crippen LogP contribution in [0.1, 0.15) is 41.6 Å². The Labute approximate surface area is 186 Å². The molecule has 0 saturated carbocycles. The molecule has 3 rings (SSSR count). The van der Waals surface area contributed by atoms with Gasteiger partial charge in [-0.25, -0.2) is 4.39 Å². The SMILES string of the molecule is Cc1ccc(Nc2cc(=O)n(CCOC3CCCCO3)cc2C(=O)NCCCO)c(F)c1. The molecule has 1 amide bonds. The Bertz CT molecular complexity index is 973. The highest BCUT2D eigenvalue weighted by molar-refractivity contribution is 6.00. The lowest BCUT2D eigenvalue weighted by molar-refractivity contribution is -0.163. The molecule has 174 valence electrons. The first-order chi connectivity index (χ1) is 15.5. The Balaban J connectivity index is 1.80. The molecule has 1 aromatic heterocycles. The molecule has 0 bridgehead atoms. The number of ether oxygens (including phenoxy) is 2. The van der Waals surface area contributed by atoms with Crippen LogP contribution in [0.4, 0.5) is 15.8 Å². The average molecular weight is 448 g/mol. The minimum Gasteiger partial charge on any atom is -0.396 e. The molecule has 1 fully saturated rings. The van der Waals surface area contributed by atoms with Crippen molar-refractivity contribution in [1.82, 2.24) is 9.88 Å². The van der Waals surface area contributed by atoms with Crippen molar-refractivity contribution >= 4 is 17.3 Å². The van der Waals surface area contributed by atoms with Crippen molar-refractivity contribution in [3.05, 3.63) is 57.8 Å². The Morgan fingerprint density at radius 2 is 2.16 bits per heavy atom. The summed E-state index contributed by atoms with van der Waals surface area (Å²) in [6.45, 7) is 3.16. The molecule has 32 heavy (non-hydrogen) atoms. The Morgan fingerprint density at radius 3 is 2.88 bits per heavy atom. The summed E-state index contributed by atoms with van der Waals surface area (Å²) >= 11 is 0. The van der Waals surface area contributed by atoms with Crippen molar-refractivity contribution in [2.45, 2.75) is 45.4 Å². The second kappa shape index (κ2) is 11.8. The minimum absolute atomic E-state index is 0.0555. The van der Waals surface area contributed by atoms with Gasteiger partial charge in [-0.05, 0) is 50.3 Å². The molecule has 8 nitrogen and oxygen atoms in total. The number of carbonyl (C=O) groups excluding carboxylic acids is 1. The van der Waals surface area contributed by atoms with E-state index in [0.29, 0.717) is 13.0 Å². The largest absolute Gasteiger partial charge is 0.396 e. The standard InChI is InChI=1S/C23H30FN3O5/c1-16-6-7-19(18(24)13-16)26-20-14-21(29)27(9-12-32-22-5-2-3-11-31-22)15-17(20)23(30)25-8-4-10-28/h6-7,13-15,22,26,28H,2-5,8-12H2,1H3,(H,25,30). The number of aliphatic hydroxyl groups is 1. The normalized spacial score (nSPS) is 16.0. The summed E-state index contributed by atoms with van der Waals surface area (Å²) in [7, 11) is 0. The van der Waals surface area contributed by atoms with E-state index in [1.54, 1.807) is 19.1 Å². The lowest BCUT2D eigenvalue weighted by Gasteiger charge is -2.23. The predicted octanol–water partition coefficient (Wildman–Crippen LogP) is 2.69. The van der Waals surface area contributed by atoms with Crippen molar-refractivity contribution in [3.8, 4) is 0 Å². The van der Waals surface area contributed by atoms with Crippen LogP contribution >= 0.6 is 0 Å². The number of nitrogens with zero attached hydrogens (tertiary/aromatic N) is 1. The number of halogens is 1. The van der Waals surface area contributed by atoms with E-state index < -0.39 is 11.7 Å². The van der Waals surface area contributed by atoms with E-state index in [0.717, 1.165) is 24.8 Å². The Kier molecular flexibility index (Phi) is 8.78. The van der Waals surface area contributed by atoms with Crippen LogP contribution in [-0.2, 0) is 16.0 Å². The van der Waals surface area contributed by atoms with Crippen LogP contribution in [0.2, 0.25) is 0 Å². The van der Waals surface area contributed by atoms with E-state index in [9.17, 15) is 14.0 Å². The van der Waals surface area contributed by atoms with Crippen LogP contribution in [0.3, 0.4) is 0 Å². The molecule has 2 aromatic rings. The van der Waals surface area contributed by atoms with Gasteiger partial charge in [0.2, 0.25) is 0 Å². The van der Waals surface area contributed by atoms with Gasteiger partial charge >= 0.3 is 0 Å². The van der Waals surface area contributed by atoms with Crippen molar-refractivity contribution < 1.29 is 23.8 Å². The molecule has 9 heteroatoms. The first kappa shape index (κ1) is 23.9. The van der Waals surface area contributed by atoms with Crippen LogP contribution in [0, 0.1) is 12.7 Å². The van der Waals surface area contributed by atoms with Gasteiger partial charge in [0, 0.05) is 38.6 Å². The Hall–Kier alpha value is -2.75. The summed E-state index contributed by atoms with van der Waals surface area (Å²) in [5.74, 6) is -0.916. The van der Waals surface area contributed by atoms with E-state index >= 15 is 0 Å². The van der Waals surface area contributed by atoms with Gasteiger partial charge in [-0.2, -0.15) is 0 Å². The number of aromatic nitrogens is 1. The van der Waals surface area contributed by atoms with E-state index in [-0.39, 0.29) is 55.1 Å². The molecule has 3 N–H and O–H groups in total. The summed E-state index contributed by atoms with van der Waals surface area (Å²) in [5.41, 5.74) is 0.964. The third-order valence-electron chi connectivity index (χ3n) is 5.16. The van der Waals surface area contributed by atoms with Gasteiger partial charge in [-0.1, -0.05) is 6.07 Å². The second-order valence-electron chi connectivity index (χ2n) is 7.74. The quantitative estimate of drug-likeness (QED) is 0.484. The van der Waals surface area contributed by atoms with Crippen molar-refractivity contribution in [1.29, 1.82) is 0 Å². The van der Waals surface area contributed by atoms with Crippen LogP contribution in [0.5, 0.6) is 0 Å². The molecule has 1 aliphatic rings. The fourth-order valence-corrected chi connectivity index (χ4v) is 3.40.